The lowest BCUT2D eigenvalue weighted by molar-refractivity contribution is -0.132. The molecule has 7 heteroatoms. The summed E-state index contributed by atoms with van der Waals surface area (Å²) in [5.74, 6) is -0.0270. The van der Waals surface area contributed by atoms with Gasteiger partial charge in [0.15, 0.2) is 0 Å². The molecule has 0 aliphatic carbocycles. The minimum absolute atomic E-state index is 0.00629. The van der Waals surface area contributed by atoms with Crippen LogP contribution in [0.3, 0.4) is 0 Å². The Hall–Kier alpha value is -2.57. The molecule has 0 radical (unpaired) electrons. The molecule has 1 saturated heterocycles. The third-order valence-electron chi connectivity index (χ3n) is 4.30. The van der Waals surface area contributed by atoms with E-state index in [1.54, 1.807) is 30.6 Å². The monoisotopic (exact) mass is 375 g/mol. The second kappa shape index (κ2) is 8.88. The Morgan fingerprint density at radius 2 is 1.63 bits per heavy atom. The molecule has 0 bridgehead atoms. The molecule has 0 aromatic heterocycles. The number of ether oxygens (including phenoxy) is 1. The van der Waals surface area contributed by atoms with Crippen molar-refractivity contribution in [3.05, 3.63) is 35.4 Å². The fourth-order valence-electron chi connectivity index (χ4n) is 2.89. The van der Waals surface area contributed by atoms with E-state index in [4.69, 9.17) is 4.74 Å². The number of piperazine rings is 1. The number of hydrogen-bond acceptors (Lipinski definition) is 4. The summed E-state index contributed by atoms with van der Waals surface area (Å²) < 4.78 is 5.14. The Balaban J connectivity index is 1.75. The Labute approximate surface area is 160 Å². The number of nitrogens with zero attached hydrogens (tertiary/aromatic N) is 2. The zero-order valence-electron chi connectivity index (χ0n) is 16.6. The van der Waals surface area contributed by atoms with Crippen LogP contribution in [0, 0.1) is 6.92 Å². The zero-order valence-corrected chi connectivity index (χ0v) is 16.6. The molecule has 1 N–H and O–H groups in total. The summed E-state index contributed by atoms with van der Waals surface area (Å²) in [4.78, 5) is 40.0. The van der Waals surface area contributed by atoms with Crippen LogP contribution in [0.5, 0.6) is 0 Å². The highest BCUT2D eigenvalue weighted by molar-refractivity contribution is 5.95. The number of amides is 3. The van der Waals surface area contributed by atoms with Crippen molar-refractivity contribution in [1.29, 1.82) is 0 Å². The van der Waals surface area contributed by atoms with E-state index in [1.807, 2.05) is 31.2 Å². The van der Waals surface area contributed by atoms with Crippen LogP contribution in [0.2, 0.25) is 0 Å². The number of alkyl carbamates (subject to hydrolysis) is 1. The lowest BCUT2D eigenvalue weighted by atomic mass is 10.1. The number of hydrogen-bond donors (Lipinski definition) is 1. The lowest BCUT2D eigenvalue weighted by Crippen LogP contribution is -2.51. The smallest absolute Gasteiger partial charge is 0.407 e. The van der Waals surface area contributed by atoms with E-state index in [9.17, 15) is 14.4 Å². The van der Waals surface area contributed by atoms with E-state index in [2.05, 4.69) is 5.32 Å². The molecule has 1 fully saturated rings. The van der Waals surface area contributed by atoms with Crippen LogP contribution in [-0.2, 0) is 9.53 Å². The van der Waals surface area contributed by atoms with Crippen molar-refractivity contribution in [1.82, 2.24) is 15.1 Å². The molecule has 3 amide bonds. The summed E-state index contributed by atoms with van der Waals surface area (Å²) in [5, 5.41) is 2.59. The Morgan fingerprint density at radius 1 is 1.04 bits per heavy atom. The van der Waals surface area contributed by atoms with E-state index in [-0.39, 0.29) is 24.8 Å². The zero-order chi connectivity index (χ0) is 20.0. The Morgan fingerprint density at radius 3 is 2.22 bits per heavy atom. The van der Waals surface area contributed by atoms with E-state index < -0.39 is 11.7 Å². The molecule has 0 atom stereocenters. The fraction of sp³-hybridized carbons (Fsp3) is 0.550. The normalized spacial score (nSPS) is 14.7. The third-order valence-corrected chi connectivity index (χ3v) is 4.30. The largest absolute Gasteiger partial charge is 0.444 e. The molecule has 1 aliphatic heterocycles. The summed E-state index contributed by atoms with van der Waals surface area (Å²) in [5.41, 5.74) is 1.10. The molecule has 1 aromatic carbocycles. The molecule has 1 aliphatic rings. The molecule has 1 heterocycles. The number of aryl methyl sites for hydroxylation is 1. The SMILES string of the molecule is Cc1ccccc1C(=O)N1CCN(C(=O)CCNC(=O)OC(C)(C)C)CC1. The number of nitrogens with one attached hydrogen (secondary N) is 1. The van der Waals surface area contributed by atoms with Crippen LogP contribution in [0.25, 0.3) is 0 Å². The van der Waals surface area contributed by atoms with E-state index in [0.717, 1.165) is 5.56 Å². The van der Waals surface area contributed by atoms with Crippen LogP contribution in [0.15, 0.2) is 24.3 Å². The van der Waals surface area contributed by atoms with Crippen molar-refractivity contribution >= 4 is 17.9 Å². The Kier molecular flexibility index (Phi) is 6.82. The highest BCUT2D eigenvalue weighted by Gasteiger charge is 2.25. The second-order valence-electron chi connectivity index (χ2n) is 7.67. The van der Waals surface area contributed by atoms with Gasteiger partial charge in [-0.2, -0.15) is 0 Å². The summed E-state index contributed by atoms with van der Waals surface area (Å²) >= 11 is 0. The van der Waals surface area contributed by atoms with Crippen LogP contribution in [0.4, 0.5) is 4.79 Å². The average Bonchev–Trinajstić information content (AvgIpc) is 2.60. The average molecular weight is 375 g/mol. The first kappa shape index (κ1) is 20.7. The summed E-state index contributed by atoms with van der Waals surface area (Å²) in [6.07, 6.45) is -0.311. The van der Waals surface area contributed by atoms with Gasteiger partial charge in [0.1, 0.15) is 5.60 Å². The van der Waals surface area contributed by atoms with Crippen LogP contribution >= 0.6 is 0 Å². The summed E-state index contributed by atoms with van der Waals surface area (Å²) in [6.45, 7) is 9.55. The molecule has 27 heavy (non-hydrogen) atoms. The van der Waals surface area contributed by atoms with Crippen molar-refractivity contribution in [3.8, 4) is 0 Å². The predicted octanol–water partition coefficient (Wildman–Crippen LogP) is 2.19. The molecule has 2 rings (SSSR count). The molecule has 1 aromatic rings. The predicted molar refractivity (Wildman–Crippen MR) is 103 cm³/mol. The van der Waals surface area contributed by atoms with Crippen molar-refractivity contribution in [2.45, 2.75) is 39.7 Å². The van der Waals surface area contributed by atoms with Gasteiger partial charge in [0, 0.05) is 44.7 Å². The minimum atomic E-state index is -0.561. The maximum atomic E-state index is 12.6. The fourth-order valence-corrected chi connectivity index (χ4v) is 2.89. The summed E-state index contributed by atoms with van der Waals surface area (Å²) in [7, 11) is 0. The van der Waals surface area contributed by atoms with Gasteiger partial charge in [-0.05, 0) is 39.3 Å². The van der Waals surface area contributed by atoms with Crippen LogP contribution in [0.1, 0.15) is 43.1 Å². The first-order chi connectivity index (χ1) is 12.7. The van der Waals surface area contributed by atoms with Crippen molar-refractivity contribution < 1.29 is 19.1 Å². The number of carbonyl (C=O) groups excluding carboxylic acids is 3. The lowest BCUT2D eigenvalue weighted by Gasteiger charge is -2.35. The van der Waals surface area contributed by atoms with Crippen molar-refractivity contribution in [2.75, 3.05) is 32.7 Å². The second-order valence-corrected chi connectivity index (χ2v) is 7.67. The first-order valence-corrected chi connectivity index (χ1v) is 9.27. The van der Waals surface area contributed by atoms with Crippen molar-refractivity contribution in [3.63, 3.8) is 0 Å². The van der Waals surface area contributed by atoms with Gasteiger partial charge in [-0.15, -0.1) is 0 Å². The molecule has 0 saturated carbocycles. The maximum absolute atomic E-state index is 12.6. The third kappa shape index (κ3) is 6.27. The minimum Gasteiger partial charge on any atom is -0.444 e. The first-order valence-electron chi connectivity index (χ1n) is 9.27. The van der Waals surface area contributed by atoms with Gasteiger partial charge < -0.3 is 19.9 Å². The van der Waals surface area contributed by atoms with Gasteiger partial charge in [-0.25, -0.2) is 4.79 Å². The number of rotatable bonds is 4. The molecular formula is C20H29N3O4. The van der Waals surface area contributed by atoms with Gasteiger partial charge in [0.05, 0.1) is 0 Å². The quantitative estimate of drug-likeness (QED) is 0.875. The molecular weight excluding hydrogens is 346 g/mol. The molecule has 7 nitrogen and oxygen atoms in total. The van der Waals surface area contributed by atoms with E-state index >= 15 is 0 Å². The van der Waals surface area contributed by atoms with Crippen LogP contribution < -0.4 is 5.32 Å². The van der Waals surface area contributed by atoms with E-state index in [1.165, 1.54) is 0 Å². The Bertz CT molecular complexity index is 689. The highest BCUT2D eigenvalue weighted by atomic mass is 16.6. The number of benzene rings is 1. The van der Waals surface area contributed by atoms with E-state index in [0.29, 0.717) is 31.7 Å². The standard InChI is InChI=1S/C20H29N3O4/c1-15-7-5-6-8-16(15)18(25)23-13-11-22(12-14-23)17(24)9-10-21-19(26)27-20(2,3)4/h5-8H,9-14H2,1-4H3,(H,21,26). The number of carbonyl (C=O) groups is 3. The van der Waals surface area contributed by atoms with Gasteiger partial charge in [-0.1, -0.05) is 18.2 Å². The van der Waals surface area contributed by atoms with Crippen LogP contribution in [-0.4, -0.2) is 66.0 Å². The maximum Gasteiger partial charge on any atom is 0.407 e. The topological polar surface area (TPSA) is 79.0 Å². The van der Waals surface area contributed by atoms with Crippen molar-refractivity contribution in [2.24, 2.45) is 0 Å². The van der Waals surface area contributed by atoms with Gasteiger partial charge in [0.2, 0.25) is 5.91 Å². The van der Waals surface area contributed by atoms with Gasteiger partial charge >= 0.3 is 6.09 Å². The van der Waals surface area contributed by atoms with Gasteiger partial charge in [0.25, 0.3) is 5.91 Å². The molecule has 0 spiro atoms. The molecule has 0 unspecified atom stereocenters. The highest BCUT2D eigenvalue weighted by Crippen LogP contribution is 2.13. The van der Waals surface area contributed by atoms with Gasteiger partial charge in [-0.3, -0.25) is 9.59 Å². The molecule has 148 valence electrons. The summed E-state index contributed by atoms with van der Waals surface area (Å²) in [6, 6.07) is 7.52.